The fourth-order valence-electron chi connectivity index (χ4n) is 5.55. The first-order valence-corrected chi connectivity index (χ1v) is 12.4. The van der Waals surface area contributed by atoms with Crippen molar-refractivity contribution in [2.45, 2.75) is 44.3 Å². The fraction of sp³-hybridized carbons (Fsp3) is 0.345. The number of benzene rings is 2. The number of aromatic nitrogens is 1. The number of rotatable bonds is 5. The molecule has 8 heteroatoms. The monoisotopic (exact) mass is 495 g/mol. The molecule has 0 aliphatic carbocycles. The lowest BCUT2D eigenvalue weighted by Gasteiger charge is -2.32. The van der Waals surface area contributed by atoms with Gasteiger partial charge >= 0.3 is 6.17 Å². The molecule has 0 saturated carbocycles. The first-order chi connectivity index (χ1) is 17.7. The topological polar surface area (TPSA) is 87.0 Å². The number of hydrogen-bond donors (Lipinski definition) is 1. The van der Waals surface area contributed by atoms with Gasteiger partial charge in [0.1, 0.15) is 11.5 Å². The Balaban J connectivity index is 1.46. The van der Waals surface area contributed by atoms with Crippen LogP contribution < -0.4 is 5.32 Å². The van der Waals surface area contributed by atoms with Crippen LogP contribution in [0.1, 0.15) is 42.6 Å². The van der Waals surface area contributed by atoms with E-state index >= 15 is 0 Å². The highest BCUT2D eigenvalue weighted by Gasteiger charge is 2.59. The summed E-state index contributed by atoms with van der Waals surface area (Å²) in [7, 11) is 1.62. The molecule has 1 spiro atoms. The Morgan fingerprint density at radius 2 is 1.95 bits per heavy atom. The first kappa shape index (κ1) is 24.4. The molecule has 1 N–H and O–H groups in total. The van der Waals surface area contributed by atoms with Gasteiger partial charge in [0.05, 0.1) is 17.5 Å². The predicted molar refractivity (Wildman–Crippen MR) is 141 cm³/mol. The third-order valence-corrected chi connectivity index (χ3v) is 7.49. The molecule has 1 aromatic heterocycles. The van der Waals surface area contributed by atoms with Crippen molar-refractivity contribution in [3.8, 4) is 0 Å². The Hall–Kier alpha value is -4.25. The number of fused-ring (bicyclic) bond motifs is 3. The maximum absolute atomic E-state index is 14.0. The highest BCUT2D eigenvalue weighted by Crippen LogP contribution is 2.47. The minimum atomic E-state index is -0.964. The molecule has 0 unspecified atom stereocenters. The van der Waals surface area contributed by atoms with Crippen LogP contribution in [0.25, 0.3) is 15.7 Å². The molecule has 2 aliphatic heterocycles. The molecular weight excluding hydrogens is 466 g/mol. The van der Waals surface area contributed by atoms with Crippen LogP contribution in [0.5, 0.6) is 0 Å². The van der Waals surface area contributed by atoms with Crippen LogP contribution in [0.3, 0.4) is 0 Å². The summed E-state index contributed by atoms with van der Waals surface area (Å²) in [6.45, 7) is 11.9. The number of hydrogen-bond acceptors (Lipinski definition) is 4. The van der Waals surface area contributed by atoms with Gasteiger partial charge < -0.3 is 10.2 Å². The van der Waals surface area contributed by atoms with E-state index in [4.69, 9.17) is 6.57 Å². The van der Waals surface area contributed by atoms with Crippen molar-refractivity contribution in [1.29, 1.82) is 0 Å². The zero-order chi connectivity index (χ0) is 26.3. The van der Waals surface area contributed by atoms with Gasteiger partial charge in [-0.05, 0) is 36.1 Å². The maximum atomic E-state index is 14.0. The molecule has 0 radical (unpaired) electrons. The Bertz CT molecular complexity index is 1440. The Labute approximate surface area is 216 Å². The summed E-state index contributed by atoms with van der Waals surface area (Å²) in [5, 5.41) is 3.76. The zero-order valence-electron chi connectivity index (χ0n) is 21.1. The second-order valence-electron chi connectivity index (χ2n) is 10.3. The fourth-order valence-corrected chi connectivity index (χ4v) is 5.55. The van der Waals surface area contributed by atoms with E-state index in [-0.39, 0.29) is 36.6 Å². The van der Waals surface area contributed by atoms with Gasteiger partial charge in [0, 0.05) is 30.9 Å². The summed E-state index contributed by atoms with van der Waals surface area (Å²) in [6.07, 6.45) is 1.40. The average molecular weight is 496 g/mol. The molecule has 2 aromatic carbocycles. The number of carbonyl (C=O) groups excluding carboxylic acids is 3. The SMILES string of the molecule is [C-]#[N+][C@@H]1C[C@@]2(CN1C(=O)[C@H](CC(C)C)N(C)C(=O)c1cnc3ccccc3c1)C(=O)Nc1ccccc12. The molecule has 3 heterocycles. The van der Waals surface area contributed by atoms with Crippen molar-refractivity contribution >= 4 is 34.3 Å². The van der Waals surface area contributed by atoms with Gasteiger partial charge in [0.25, 0.3) is 11.8 Å². The van der Waals surface area contributed by atoms with E-state index in [1.807, 2.05) is 62.4 Å². The molecule has 37 heavy (non-hydrogen) atoms. The van der Waals surface area contributed by atoms with Crippen molar-refractivity contribution < 1.29 is 14.4 Å². The van der Waals surface area contributed by atoms with Crippen LogP contribution in [-0.4, -0.2) is 58.3 Å². The van der Waals surface area contributed by atoms with Gasteiger partial charge in [0.15, 0.2) is 0 Å². The summed E-state index contributed by atoms with van der Waals surface area (Å²) in [4.78, 5) is 51.8. The largest absolute Gasteiger partial charge is 0.330 e. The standard InChI is InChI=1S/C29H29N5O3/c1-18(2)13-24(33(4)26(35)20-14-19-9-5-7-11-22(19)31-16-20)27(36)34-17-29(15-25(34)30-3)21-10-6-8-12-23(21)32-28(29)37/h5-12,14,16,18,24-25H,13,15,17H2,1-2,4H3,(H,32,37)/t24-,25-,29-/m0/s1. The number of nitrogens with zero attached hydrogens (tertiary/aromatic N) is 4. The van der Waals surface area contributed by atoms with Gasteiger partial charge in [0.2, 0.25) is 5.91 Å². The summed E-state index contributed by atoms with van der Waals surface area (Å²) < 4.78 is 0. The Kier molecular flexibility index (Phi) is 6.16. The van der Waals surface area contributed by atoms with E-state index in [0.29, 0.717) is 12.0 Å². The van der Waals surface area contributed by atoms with E-state index in [1.165, 1.54) is 16.0 Å². The van der Waals surface area contributed by atoms with E-state index in [2.05, 4.69) is 15.1 Å². The van der Waals surface area contributed by atoms with Gasteiger partial charge in [-0.3, -0.25) is 29.1 Å². The lowest BCUT2D eigenvalue weighted by Crippen LogP contribution is -2.51. The summed E-state index contributed by atoms with van der Waals surface area (Å²) >= 11 is 0. The lowest BCUT2D eigenvalue weighted by molar-refractivity contribution is -0.136. The Morgan fingerprint density at radius 1 is 1.22 bits per heavy atom. The van der Waals surface area contributed by atoms with Gasteiger partial charge in [-0.1, -0.05) is 50.2 Å². The van der Waals surface area contributed by atoms with Gasteiger partial charge in [-0.15, -0.1) is 0 Å². The molecule has 188 valence electrons. The predicted octanol–water partition coefficient (Wildman–Crippen LogP) is 4.09. The maximum Gasteiger partial charge on any atom is 0.302 e. The zero-order valence-corrected chi connectivity index (χ0v) is 21.1. The highest BCUT2D eigenvalue weighted by molar-refractivity contribution is 6.07. The van der Waals surface area contributed by atoms with Crippen LogP contribution in [0.4, 0.5) is 5.69 Å². The van der Waals surface area contributed by atoms with Crippen LogP contribution in [-0.2, 0) is 15.0 Å². The van der Waals surface area contributed by atoms with E-state index in [1.54, 1.807) is 13.1 Å². The average Bonchev–Trinajstić information content (AvgIpc) is 3.43. The Morgan fingerprint density at radius 3 is 2.70 bits per heavy atom. The van der Waals surface area contributed by atoms with Gasteiger partial charge in [-0.2, -0.15) is 0 Å². The summed E-state index contributed by atoms with van der Waals surface area (Å²) in [5.74, 6) is -0.690. The molecule has 5 rings (SSSR count). The quantitative estimate of drug-likeness (QED) is 0.540. The highest BCUT2D eigenvalue weighted by atomic mass is 16.2. The van der Waals surface area contributed by atoms with Crippen molar-refractivity contribution in [3.05, 3.63) is 83.3 Å². The second kappa shape index (κ2) is 9.32. The molecule has 3 amide bonds. The van der Waals surface area contributed by atoms with Crippen molar-refractivity contribution in [1.82, 2.24) is 14.8 Å². The third-order valence-electron chi connectivity index (χ3n) is 7.49. The van der Waals surface area contributed by atoms with Crippen LogP contribution >= 0.6 is 0 Å². The number of nitrogens with one attached hydrogen (secondary N) is 1. The normalized spacial score (nSPS) is 21.1. The van der Waals surface area contributed by atoms with E-state index < -0.39 is 17.6 Å². The van der Waals surface area contributed by atoms with Crippen molar-refractivity contribution in [2.75, 3.05) is 18.9 Å². The van der Waals surface area contributed by atoms with Crippen LogP contribution in [0.15, 0.2) is 60.8 Å². The number of likely N-dealkylation sites (N-methyl/N-ethyl adjacent to an activating group) is 1. The molecule has 3 aromatic rings. The minimum absolute atomic E-state index is 0.107. The molecule has 0 bridgehead atoms. The number of anilines is 1. The number of pyridine rings is 1. The van der Waals surface area contributed by atoms with Gasteiger partial charge in [-0.25, -0.2) is 6.57 Å². The second-order valence-corrected chi connectivity index (χ2v) is 10.3. The summed E-state index contributed by atoms with van der Waals surface area (Å²) in [6, 6.07) is 16.0. The summed E-state index contributed by atoms with van der Waals surface area (Å²) in [5.41, 5.74) is 1.76. The van der Waals surface area contributed by atoms with Crippen molar-refractivity contribution in [2.24, 2.45) is 5.92 Å². The number of carbonyl (C=O) groups is 3. The molecule has 2 aliphatic rings. The van der Waals surface area contributed by atoms with E-state index in [9.17, 15) is 14.4 Å². The molecule has 8 nitrogen and oxygen atoms in total. The molecule has 1 saturated heterocycles. The van der Waals surface area contributed by atoms with E-state index in [0.717, 1.165) is 22.2 Å². The lowest BCUT2D eigenvalue weighted by atomic mass is 9.80. The van der Waals surface area contributed by atoms with Crippen LogP contribution in [0.2, 0.25) is 0 Å². The molecular formula is C29H29N5O3. The minimum Gasteiger partial charge on any atom is -0.330 e. The smallest absolute Gasteiger partial charge is 0.302 e. The number of para-hydroxylation sites is 2. The number of amides is 3. The van der Waals surface area contributed by atoms with Crippen LogP contribution in [0, 0.1) is 12.5 Å². The molecule has 1 fully saturated rings. The number of likely N-dealkylation sites (tertiary alicyclic amines) is 1. The third kappa shape index (κ3) is 4.10. The van der Waals surface area contributed by atoms with Crippen molar-refractivity contribution in [3.63, 3.8) is 0 Å². The molecule has 3 atom stereocenters. The first-order valence-electron chi connectivity index (χ1n) is 12.4.